The van der Waals surface area contributed by atoms with Crippen molar-refractivity contribution in [3.63, 3.8) is 0 Å². The van der Waals surface area contributed by atoms with Crippen molar-refractivity contribution in [1.82, 2.24) is 0 Å². The van der Waals surface area contributed by atoms with Gasteiger partial charge in [-0.2, -0.15) is 0 Å². The second-order valence-electron chi connectivity index (χ2n) is 5.78. The fourth-order valence-corrected chi connectivity index (χ4v) is 3.39. The molecular weight excluding hydrogens is 326 g/mol. The molecule has 0 saturated heterocycles. The first kappa shape index (κ1) is 15.6. The summed E-state index contributed by atoms with van der Waals surface area (Å²) in [7, 11) is 0. The lowest BCUT2D eigenvalue weighted by molar-refractivity contribution is 0.0915. The molecule has 1 N–H and O–H groups in total. The van der Waals surface area contributed by atoms with Crippen molar-refractivity contribution in [2.45, 2.75) is 39.2 Å². The molecule has 110 valence electrons. The molecule has 0 aromatic heterocycles. The Kier molecular flexibility index (Phi) is 4.97. The highest BCUT2D eigenvalue weighted by Crippen LogP contribution is 2.32. The summed E-state index contributed by atoms with van der Waals surface area (Å²) in [6, 6.07) is 2.57. The molecule has 2 rings (SSSR count). The summed E-state index contributed by atoms with van der Waals surface area (Å²) >= 11 is 3.05. The molecule has 0 spiro atoms. The standard InChI is InChI=1S/C16H19BrF2O/c1-9-5-10(2)7-11(6-9)15(20)8-12-14(18)4-3-13(17)16(12)19/h3-5,9,11,15,20H,6-8H2,1-2H3. The van der Waals surface area contributed by atoms with Gasteiger partial charge in [-0.1, -0.05) is 18.6 Å². The third-order valence-corrected chi connectivity index (χ3v) is 4.54. The van der Waals surface area contributed by atoms with E-state index in [4.69, 9.17) is 0 Å². The average molecular weight is 345 g/mol. The zero-order chi connectivity index (χ0) is 14.9. The van der Waals surface area contributed by atoms with Crippen molar-refractivity contribution in [2.75, 3.05) is 0 Å². The van der Waals surface area contributed by atoms with Gasteiger partial charge in [0, 0.05) is 12.0 Å². The van der Waals surface area contributed by atoms with E-state index in [1.165, 1.54) is 17.7 Å². The third-order valence-electron chi connectivity index (χ3n) is 3.92. The van der Waals surface area contributed by atoms with Crippen LogP contribution in [0.25, 0.3) is 0 Å². The van der Waals surface area contributed by atoms with Crippen LogP contribution in [-0.2, 0) is 6.42 Å². The summed E-state index contributed by atoms with van der Waals surface area (Å²) in [6.45, 7) is 4.14. The zero-order valence-corrected chi connectivity index (χ0v) is 13.3. The summed E-state index contributed by atoms with van der Waals surface area (Å²) in [5.41, 5.74) is 1.20. The van der Waals surface area contributed by atoms with Gasteiger partial charge in [0.1, 0.15) is 11.6 Å². The molecule has 0 heterocycles. The summed E-state index contributed by atoms with van der Waals surface area (Å²) in [6.07, 6.45) is 3.14. The molecule has 0 aliphatic heterocycles. The Morgan fingerprint density at radius 3 is 2.75 bits per heavy atom. The van der Waals surface area contributed by atoms with E-state index in [0.29, 0.717) is 5.92 Å². The van der Waals surface area contributed by atoms with Gasteiger partial charge in [-0.25, -0.2) is 8.78 Å². The molecule has 1 aromatic carbocycles. The largest absolute Gasteiger partial charge is 0.392 e. The van der Waals surface area contributed by atoms with Gasteiger partial charge in [0.2, 0.25) is 0 Å². The molecule has 3 unspecified atom stereocenters. The van der Waals surface area contributed by atoms with Crippen LogP contribution in [0.4, 0.5) is 8.78 Å². The van der Waals surface area contributed by atoms with Crippen molar-refractivity contribution in [2.24, 2.45) is 11.8 Å². The minimum Gasteiger partial charge on any atom is -0.392 e. The Morgan fingerprint density at radius 2 is 2.10 bits per heavy atom. The van der Waals surface area contributed by atoms with Crippen molar-refractivity contribution in [3.8, 4) is 0 Å². The van der Waals surface area contributed by atoms with Crippen LogP contribution in [0.1, 0.15) is 32.3 Å². The van der Waals surface area contributed by atoms with Crippen LogP contribution in [-0.4, -0.2) is 11.2 Å². The SMILES string of the molecule is CC1=CC(C)CC(C(O)Cc2c(F)ccc(Br)c2F)C1. The Balaban J connectivity index is 2.15. The first-order chi connectivity index (χ1) is 9.38. The maximum Gasteiger partial charge on any atom is 0.143 e. The number of hydrogen-bond donors (Lipinski definition) is 1. The van der Waals surface area contributed by atoms with Crippen molar-refractivity contribution in [1.29, 1.82) is 0 Å². The first-order valence-electron chi connectivity index (χ1n) is 6.86. The molecule has 4 heteroatoms. The molecule has 20 heavy (non-hydrogen) atoms. The van der Waals surface area contributed by atoms with Gasteiger partial charge in [-0.3, -0.25) is 0 Å². The fraction of sp³-hybridized carbons (Fsp3) is 0.500. The molecule has 1 nitrogen and oxygen atoms in total. The van der Waals surface area contributed by atoms with E-state index in [-0.39, 0.29) is 22.4 Å². The Morgan fingerprint density at radius 1 is 1.40 bits per heavy atom. The van der Waals surface area contributed by atoms with E-state index >= 15 is 0 Å². The lowest BCUT2D eigenvalue weighted by Gasteiger charge is -2.29. The topological polar surface area (TPSA) is 20.2 Å². The van der Waals surface area contributed by atoms with E-state index < -0.39 is 17.7 Å². The highest BCUT2D eigenvalue weighted by atomic mass is 79.9. The maximum absolute atomic E-state index is 13.9. The van der Waals surface area contributed by atoms with Crippen LogP contribution in [0.2, 0.25) is 0 Å². The van der Waals surface area contributed by atoms with E-state index in [9.17, 15) is 13.9 Å². The third kappa shape index (κ3) is 3.47. The van der Waals surface area contributed by atoms with Crippen LogP contribution in [0.3, 0.4) is 0 Å². The van der Waals surface area contributed by atoms with Crippen molar-refractivity contribution < 1.29 is 13.9 Å². The minimum atomic E-state index is -0.723. The molecule has 0 saturated carbocycles. The predicted molar refractivity (Wildman–Crippen MR) is 79.4 cm³/mol. The van der Waals surface area contributed by atoms with Gasteiger partial charge in [-0.15, -0.1) is 0 Å². The molecule has 0 amide bonds. The van der Waals surface area contributed by atoms with Crippen LogP contribution in [0.5, 0.6) is 0 Å². The zero-order valence-electron chi connectivity index (χ0n) is 11.7. The van der Waals surface area contributed by atoms with Gasteiger partial charge in [0.25, 0.3) is 0 Å². The molecule has 0 bridgehead atoms. The molecular formula is C16H19BrF2O. The normalized spacial score (nSPS) is 24.4. The van der Waals surface area contributed by atoms with Gasteiger partial charge in [0.15, 0.2) is 0 Å². The van der Waals surface area contributed by atoms with Crippen molar-refractivity contribution in [3.05, 3.63) is 45.5 Å². The summed E-state index contributed by atoms with van der Waals surface area (Å²) in [4.78, 5) is 0. The monoisotopic (exact) mass is 344 g/mol. The van der Waals surface area contributed by atoms with Gasteiger partial charge < -0.3 is 5.11 Å². The Labute approximate surface area is 126 Å². The molecule has 1 aliphatic rings. The molecule has 0 radical (unpaired) electrons. The maximum atomic E-state index is 13.9. The number of allylic oxidation sites excluding steroid dienone is 2. The van der Waals surface area contributed by atoms with Crippen LogP contribution >= 0.6 is 15.9 Å². The number of hydrogen-bond acceptors (Lipinski definition) is 1. The summed E-state index contributed by atoms with van der Waals surface area (Å²) in [5.74, 6) is -0.741. The quantitative estimate of drug-likeness (QED) is 0.626. The van der Waals surface area contributed by atoms with Crippen molar-refractivity contribution >= 4 is 15.9 Å². The molecule has 3 atom stereocenters. The first-order valence-corrected chi connectivity index (χ1v) is 7.65. The molecule has 1 aliphatic carbocycles. The van der Waals surface area contributed by atoms with Crippen LogP contribution < -0.4 is 0 Å². The predicted octanol–water partition coefficient (Wildman–Crippen LogP) is 4.62. The summed E-state index contributed by atoms with van der Waals surface area (Å²) in [5, 5.41) is 10.3. The Bertz CT molecular complexity index is 527. The Hall–Kier alpha value is -0.740. The number of aliphatic hydroxyl groups is 1. The molecule has 0 fully saturated rings. The molecule has 1 aromatic rings. The van der Waals surface area contributed by atoms with Crippen LogP contribution in [0, 0.1) is 23.5 Å². The lowest BCUT2D eigenvalue weighted by atomic mass is 9.79. The number of halogens is 3. The number of aliphatic hydroxyl groups excluding tert-OH is 1. The lowest BCUT2D eigenvalue weighted by Crippen LogP contribution is -2.27. The smallest absolute Gasteiger partial charge is 0.143 e. The number of benzene rings is 1. The highest BCUT2D eigenvalue weighted by molar-refractivity contribution is 9.10. The van der Waals surface area contributed by atoms with E-state index in [2.05, 4.69) is 28.9 Å². The second kappa shape index (κ2) is 6.35. The summed E-state index contributed by atoms with van der Waals surface area (Å²) < 4.78 is 27.9. The van der Waals surface area contributed by atoms with E-state index in [1.54, 1.807) is 0 Å². The van der Waals surface area contributed by atoms with Gasteiger partial charge >= 0.3 is 0 Å². The van der Waals surface area contributed by atoms with E-state index in [1.807, 2.05) is 6.92 Å². The number of rotatable bonds is 3. The minimum absolute atomic E-state index is 0.0156. The van der Waals surface area contributed by atoms with Crippen LogP contribution in [0.15, 0.2) is 28.3 Å². The average Bonchev–Trinajstić information content (AvgIpc) is 2.38. The van der Waals surface area contributed by atoms with Gasteiger partial charge in [-0.05, 0) is 59.7 Å². The highest BCUT2D eigenvalue weighted by Gasteiger charge is 2.27. The van der Waals surface area contributed by atoms with E-state index in [0.717, 1.165) is 12.8 Å². The van der Waals surface area contributed by atoms with Gasteiger partial charge in [0.05, 0.1) is 10.6 Å². The fourth-order valence-electron chi connectivity index (χ4n) is 3.02. The second-order valence-corrected chi connectivity index (χ2v) is 6.64.